The van der Waals surface area contributed by atoms with Crippen LogP contribution in [0, 0.1) is 11.6 Å². The molecule has 2 N–H and O–H groups in total. The maximum Gasteiger partial charge on any atom is 0.491 e. The summed E-state index contributed by atoms with van der Waals surface area (Å²) in [5.41, 5.74) is -0.209. The Kier molecular flexibility index (Phi) is 6.22. The third kappa shape index (κ3) is 3.28. The Bertz CT molecular complexity index is 308. The van der Waals surface area contributed by atoms with Crippen LogP contribution in [0.15, 0.2) is 12.1 Å². The van der Waals surface area contributed by atoms with Crippen molar-refractivity contribution in [3.05, 3.63) is 29.3 Å². The molecule has 16 heavy (non-hydrogen) atoms. The molecule has 0 fully saturated rings. The van der Waals surface area contributed by atoms with E-state index in [1.54, 1.807) is 13.8 Å². The maximum absolute atomic E-state index is 13.3. The lowest BCUT2D eigenvalue weighted by Crippen LogP contribution is -2.33. The molecule has 0 amide bonds. The Morgan fingerprint density at radius 2 is 1.56 bits per heavy atom. The average molecular weight is 230 g/mol. The van der Waals surface area contributed by atoms with Gasteiger partial charge in [0.05, 0.1) is 0 Å². The Labute approximate surface area is 95.1 Å². The van der Waals surface area contributed by atoms with Gasteiger partial charge in [0.25, 0.3) is 0 Å². The summed E-state index contributed by atoms with van der Waals surface area (Å²) in [6.07, 6.45) is 0. The smallest absolute Gasteiger partial charge is 0.423 e. The van der Waals surface area contributed by atoms with E-state index in [-0.39, 0.29) is 11.5 Å². The molecule has 1 rings (SSSR count). The molecule has 90 valence electrons. The first kappa shape index (κ1) is 15.1. The molecule has 0 bridgehead atoms. The van der Waals surface area contributed by atoms with E-state index in [2.05, 4.69) is 0 Å². The molecule has 0 radical (unpaired) electrons. The average Bonchev–Trinajstić information content (AvgIpc) is 2.23. The van der Waals surface area contributed by atoms with E-state index in [0.717, 1.165) is 0 Å². The molecule has 1 aromatic rings. The Hall–Kier alpha value is -0.935. The SMILES string of the molecule is CC.CC(C)c1ccc(B(O)O)c(F)c1F. The number of benzene rings is 1. The summed E-state index contributed by atoms with van der Waals surface area (Å²) in [5.74, 6) is -2.34. The lowest BCUT2D eigenvalue weighted by atomic mass is 9.78. The fraction of sp³-hybridized carbons (Fsp3) is 0.455. The van der Waals surface area contributed by atoms with Crippen molar-refractivity contribution in [3.63, 3.8) is 0 Å². The number of rotatable bonds is 2. The first-order chi connectivity index (χ1) is 7.45. The zero-order valence-electron chi connectivity index (χ0n) is 9.96. The minimum atomic E-state index is -1.98. The van der Waals surface area contributed by atoms with E-state index in [1.165, 1.54) is 12.1 Å². The predicted molar refractivity (Wildman–Crippen MR) is 61.6 cm³/mol. The molecule has 2 nitrogen and oxygen atoms in total. The van der Waals surface area contributed by atoms with Crippen LogP contribution in [0.25, 0.3) is 0 Å². The lowest BCUT2D eigenvalue weighted by Gasteiger charge is -2.10. The normalized spacial score (nSPS) is 9.81. The standard InChI is InChI=1S/C9H11BF2O2.C2H6/c1-5(2)6-3-4-7(10(13)14)9(12)8(6)11;1-2/h3-5,13-14H,1-2H3;1-2H3. The van der Waals surface area contributed by atoms with Crippen molar-refractivity contribution < 1.29 is 18.8 Å². The predicted octanol–water partition coefficient (Wildman–Crippen LogP) is 1.79. The highest BCUT2D eigenvalue weighted by Gasteiger charge is 2.22. The second-order valence-corrected chi connectivity index (χ2v) is 3.40. The quantitative estimate of drug-likeness (QED) is 0.760. The topological polar surface area (TPSA) is 40.5 Å². The minimum absolute atomic E-state index is 0.144. The summed E-state index contributed by atoms with van der Waals surface area (Å²) in [5, 5.41) is 17.4. The van der Waals surface area contributed by atoms with Crippen LogP contribution < -0.4 is 5.46 Å². The molecule has 5 heteroatoms. The van der Waals surface area contributed by atoms with Crippen molar-refractivity contribution in [2.75, 3.05) is 0 Å². The van der Waals surface area contributed by atoms with E-state index in [9.17, 15) is 8.78 Å². The van der Waals surface area contributed by atoms with Gasteiger partial charge in [0.15, 0.2) is 11.6 Å². The molecule has 0 aliphatic heterocycles. The Morgan fingerprint density at radius 3 is 1.94 bits per heavy atom. The molecule has 0 aromatic heterocycles. The van der Waals surface area contributed by atoms with Crippen LogP contribution in [-0.4, -0.2) is 17.2 Å². The summed E-state index contributed by atoms with van der Waals surface area (Å²) in [6.45, 7) is 7.46. The fourth-order valence-electron chi connectivity index (χ4n) is 1.22. The van der Waals surface area contributed by atoms with Gasteiger partial charge in [-0.25, -0.2) is 8.78 Å². The van der Waals surface area contributed by atoms with Crippen molar-refractivity contribution in [2.45, 2.75) is 33.6 Å². The summed E-state index contributed by atoms with van der Waals surface area (Å²) in [4.78, 5) is 0. The fourth-order valence-corrected chi connectivity index (χ4v) is 1.22. The van der Waals surface area contributed by atoms with Crippen LogP contribution in [0.1, 0.15) is 39.2 Å². The van der Waals surface area contributed by atoms with Gasteiger partial charge >= 0.3 is 7.12 Å². The zero-order chi connectivity index (χ0) is 12.9. The van der Waals surface area contributed by atoms with Crippen LogP contribution in [-0.2, 0) is 0 Å². The maximum atomic E-state index is 13.3. The van der Waals surface area contributed by atoms with E-state index in [1.807, 2.05) is 13.8 Å². The molecular formula is C11H17BF2O2. The Balaban J connectivity index is 0.00000106. The van der Waals surface area contributed by atoms with Gasteiger partial charge in [0.1, 0.15) is 0 Å². The monoisotopic (exact) mass is 230 g/mol. The van der Waals surface area contributed by atoms with E-state index < -0.39 is 24.2 Å². The molecular weight excluding hydrogens is 213 g/mol. The highest BCUT2D eigenvalue weighted by Crippen LogP contribution is 2.19. The molecule has 0 heterocycles. The largest absolute Gasteiger partial charge is 0.491 e. The number of hydrogen-bond donors (Lipinski definition) is 2. The minimum Gasteiger partial charge on any atom is -0.423 e. The first-order valence-corrected chi connectivity index (χ1v) is 5.29. The van der Waals surface area contributed by atoms with Gasteiger partial charge in [0.2, 0.25) is 0 Å². The highest BCUT2D eigenvalue weighted by molar-refractivity contribution is 6.58. The summed E-state index contributed by atoms with van der Waals surface area (Å²) in [7, 11) is -1.98. The second kappa shape index (κ2) is 6.61. The van der Waals surface area contributed by atoms with Gasteiger partial charge in [0, 0.05) is 5.46 Å². The second-order valence-electron chi connectivity index (χ2n) is 3.40. The molecule has 0 unspecified atom stereocenters. The van der Waals surface area contributed by atoms with E-state index in [0.29, 0.717) is 0 Å². The molecule has 0 saturated carbocycles. The van der Waals surface area contributed by atoms with Gasteiger partial charge < -0.3 is 10.0 Å². The Morgan fingerprint density at radius 1 is 1.06 bits per heavy atom. The molecule has 0 spiro atoms. The van der Waals surface area contributed by atoms with Gasteiger partial charge in [-0.15, -0.1) is 0 Å². The van der Waals surface area contributed by atoms with Crippen molar-refractivity contribution in [1.29, 1.82) is 0 Å². The van der Waals surface area contributed by atoms with Gasteiger partial charge in [-0.2, -0.15) is 0 Å². The highest BCUT2D eigenvalue weighted by atomic mass is 19.2. The lowest BCUT2D eigenvalue weighted by molar-refractivity contribution is 0.419. The third-order valence-corrected chi connectivity index (χ3v) is 2.04. The molecule has 0 atom stereocenters. The molecule has 0 aliphatic carbocycles. The van der Waals surface area contributed by atoms with Gasteiger partial charge in [-0.3, -0.25) is 0 Å². The first-order valence-electron chi connectivity index (χ1n) is 5.29. The van der Waals surface area contributed by atoms with Crippen molar-refractivity contribution in [3.8, 4) is 0 Å². The van der Waals surface area contributed by atoms with Crippen molar-refractivity contribution >= 4 is 12.6 Å². The van der Waals surface area contributed by atoms with Crippen molar-refractivity contribution in [1.82, 2.24) is 0 Å². The number of halogens is 2. The number of hydrogen-bond acceptors (Lipinski definition) is 2. The zero-order valence-corrected chi connectivity index (χ0v) is 9.96. The van der Waals surface area contributed by atoms with Crippen LogP contribution in [0.3, 0.4) is 0 Å². The van der Waals surface area contributed by atoms with E-state index >= 15 is 0 Å². The molecule has 1 aromatic carbocycles. The summed E-state index contributed by atoms with van der Waals surface area (Å²) >= 11 is 0. The molecule has 0 saturated heterocycles. The van der Waals surface area contributed by atoms with Crippen LogP contribution in [0.5, 0.6) is 0 Å². The van der Waals surface area contributed by atoms with Gasteiger partial charge in [-0.05, 0) is 11.5 Å². The molecule has 0 aliphatic rings. The van der Waals surface area contributed by atoms with Crippen LogP contribution >= 0.6 is 0 Å². The summed E-state index contributed by atoms with van der Waals surface area (Å²) in [6, 6.07) is 2.54. The van der Waals surface area contributed by atoms with Crippen molar-refractivity contribution in [2.24, 2.45) is 0 Å². The van der Waals surface area contributed by atoms with Crippen LogP contribution in [0.4, 0.5) is 8.78 Å². The van der Waals surface area contributed by atoms with Crippen LogP contribution in [0.2, 0.25) is 0 Å². The van der Waals surface area contributed by atoms with Gasteiger partial charge in [-0.1, -0.05) is 39.8 Å². The third-order valence-electron chi connectivity index (χ3n) is 2.04. The summed E-state index contributed by atoms with van der Waals surface area (Å²) < 4.78 is 26.5. The van der Waals surface area contributed by atoms with E-state index in [4.69, 9.17) is 10.0 Å².